The zero-order chi connectivity index (χ0) is 15.6. The van der Waals surface area contributed by atoms with E-state index in [1.165, 1.54) is 23.8 Å². The third kappa shape index (κ3) is 3.10. The highest BCUT2D eigenvalue weighted by Crippen LogP contribution is 2.25. The molecular formula is C15H17N3O3. The molecule has 0 aliphatic carbocycles. The Morgan fingerprint density at radius 3 is 2.71 bits per heavy atom. The summed E-state index contributed by atoms with van der Waals surface area (Å²) >= 11 is 0. The topological polar surface area (TPSA) is 87.2 Å². The van der Waals surface area contributed by atoms with Crippen molar-refractivity contribution < 1.29 is 9.53 Å². The van der Waals surface area contributed by atoms with Gasteiger partial charge in [-0.3, -0.25) is 9.59 Å². The second-order valence-electron chi connectivity index (χ2n) is 4.95. The van der Waals surface area contributed by atoms with E-state index in [0.29, 0.717) is 11.3 Å². The van der Waals surface area contributed by atoms with E-state index in [1.54, 1.807) is 18.3 Å². The molecule has 21 heavy (non-hydrogen) atoms. The normalized spacial score (nSPS) is 10.7. The van der Waals surface area contributed by atoms with Gasteiger partial charge in [-0.05, 0) is 39.0 Å². The fourth-order valence-electron chi connectivity index (χ4n) is 1.90. The first-order chi connectivity index (χ1) is 9.90. The number of Topliss-reactive ketones (excluding diaryl/α,β-unsaturated/α-hetero) is 1. The Morgan fingerprint density at radius 1 is 1.38 bits per heavy atom. The number of benzene rings is 1. The molecule has 6 heteroatoms. The summed E-state index contributed by atoms with van der Waals surface area (Å²) in [5.74, 6) is -0.00121. The Balaban J connectivity index is 2.46. The van der Waals surface area contributed by atoms with Gasteiger partial charge in [0.1, 0.15) is 5.75 Å². The van der Waals surface area contributed by atoms with Crippen molar-refractivity contribution >= 4 is 11.5 Å². The van der Waals surface area contributed by atoms with Crippen molar-refractivity contribution in [1.29, 1.82) is 0 Å². The number of hydrogen-bond donors (Lipinski definition) is 1. The molecule has 0 radical (unpaired) electrons. The minimum absolute atomic E-state index is 0.0125. The van der Waals surface area contributed by atoms with Gasteiger partial charge in [0.15, 0.2) is 5.78 Å². The Morgan fingerprint density at radius 2 is 2.10 bits per heavy atom. The zero-order valence-corrected chi connectivity index (χ0v) is 12.2. The number of hydrogen-bond acceptors (Lipinski definition) is 5. The van der Waals surface area contributed by atoms with Crippen molar-refractivity contribution in [2.75, 3.05) is 5.73 Å². The van der Waals surface area contributed by atoms with Crippen LogP contribution in [0.2, 0.25) is 0 Å². The first kappa shape index (κ1) is 14.8. The first-order valence-corrected chi connectivity index (χ1v) is 6.55. The minimum atomic E-state index is -0.348. The number of carbonyl (C=O) groups is 1. The number of ether oxygens (including phenoxy) is 1. The maximum atomic E-state index is 12.2. The van der Waals surface area contributed by atoms with Crippen LogP contribution in [0.4, 0.5) is 5.69 Å². The molecular weight excluding hydrogens is 270 g/mol. The molecule has 0 fully saturated rings. The van der Waals surface area contributed by atoms with E-state index < -0.39 is 0 Å². The summed E-state index contributed by atoms with van der Waals surface area (Å²) in [6.45, 7) is 5.18. The van der Waals surface area contributed by atoms with E-state index in [1.807, 2.05) is 13.8 Å². The van der Waals surface area contributed by atoms with Gasteiger partial charge < -0.3 is 15.0 Å². The van der Waals surface area contributed by atoms with Gasteiger partial charge in [0, 0.05) is 24.1 Å². The van der Waals surface area contributed by atoms with E-state index in [-0.39, 0.29) is 29.0 Å². The highest BCUT2D eigenvalue weighted by molar-refractivity contribution is 5.97. The molecule has 0 unspecified atom stereocenters. The van der Waals surface area contributed by atoms with Gasteiger partial charge in [-0.1, -0.05) is 0 Å². The van der Waals surface area contributed by atoms with Crippen LogP contribution in [0.25, 0.3) is 0 Å². The molecule has 0 aliphatic heterocycles. The number of nitrogen functional groups attached to an aromatic ring is 1. The number of carbonyl (C=O) groups excluding carboxylic acids is 1. The van der Waals surface area contributed by atoms with Crippen molar-refractivity contribution in [1.82, 2.24) is 9.55 Å². The average Bonchev–Trinajstić information content (AvgIpc) is 2.42. The molecule has 2 aromatic rings. The molecule has 0 atom stereocenters. The summed E-state index contributed by atoms with van der Waals surface area (Å²) in [5.41, 5.74) is 6.08. The van der Waals surface area contributed by atoms with Gasteiger partial charge in [0.25, 0.3) is 5.88 Å². The van der Waals surface area contributed by atoms with Gasteiger partial charge >= 0.3 is 5.56 Å². The lowest BCUT2D eigenvalue weighted by Crippen LogP contribution is -2.23. The van der Waals surface area contributed by atoms with Gasteiger partial charge in [-0.15, -0.1) is 0 Å². The van der Waals surface area contributed by atoms with Gasteiger partial charge in [-0.2, -0.15) is 0 Å². The summed E-state index contributed by atoms with van der Waals surface area (Å²) in [6, 6.07) is 4.66. The predicted molar refractivity (Wildman–Crippen MR) is 79.8 cm³/mol. The van der Waals surface area contributed by atoms with Gasteiger partial charge in [0.2, 0.25) is 0 Å². The standard InChI is InChI=1S/C15H17N3O3/c1-9(2)18-7-6-17-14(15(18)20)21-13-5-4-11(16)8-12(13)10(3)19/h4-9H,16H2,1-3H3. The molecule has 0 amide bonds. The van der Waals surface area contributed by atoms with Crippen LogP contribution in [0.1, 0.15) is 37.2 Å². The van der Waals surface area contributed by atoms with E-state index in [2.05, 4.69) is 4.98 Å². The Bertz CT molecular complexity index is 735. The number of nitrogens with zero attached hydrogens (tertiary/aromatic N) is 2. The fourth-order valence-corrected chi connectivity index (χ4v) is 1.90. The number of nitrogens with two attached hydrogens (primary N) is 1. The summed E-state index contributed by atoms with van der Waals surface area (Å²) in [5, 5.41) is 0. The van der Waals surface area contributed by atoms with E-state index in [4.69, 9.17) is 10.5 Å². The van der Waals surface area contributed by atoms with Crippen LogP contribution in [-0.2, 0) is 0 Å². The number of aromatic nitrogens is 2. The fraction of sp³-hybridized carbons (Fsp3) is 0.267. The molecule has 0 bridgehead atoms. The second kappa shape index (κ2) is 5.78. The van der Waals surface area contributed by atoms with Crippen molar-refractivity contribution in [3.63, 3.8) is 0 Å². The van der Waals surface area contributed by atoms with Gasteiger partial charge in [0.05, 0.1) is 5.56 Å². The smallest absolute Gasteiger partial charge is 0.313 e. The highest BCUT2D eigenvalue weighted by atomic mass is 16.5. The molecule has 6 nitrogen and oxygen atoms in total. The molecule has 0 aliphatic rings. The lowest BCUT2D eigenvalue weighted by molar-refractivity contribution is 0.101. The molecule has 2 rings (SSSR count). The van der Waals surface area contributed by atoms with Crippen LogP contribution >= 0.6 is 0 Å². The molecule has 110 valence electrons. The van der Waals surface area contributed by atoms with Crippen LogP contribution in [-0.4, -0.2) is 15.3 Å². The van der Waals surface area contributed by atoms with Crippen molar-refractivity contribution in [3.05, 3.63) is 46.5 Å². The second-order valence-corrected chi connectivity index (χ2v) is 4.95. The monoisotopic (exact) mass is 287 g/mol. The maximum Gasteiger partial charge on any atom is 0.313 e. The highest BCUT2D eigenvalue weighted by Gasteiger charge is 2.14. The molecule has 1 aromatic carbocycles. The molecule has 2 N–H and O–H groups in total. The lowest BCUT2D eigenvalue weighted by Gasteiger charge is -2.12. The minimum Gasteiger partial charge on any atom is -0.434 e. The Labute approximate surface area is 122 Å². The maximum absolute atomic E-state index is 12.2. The van der Waals surface area contributed by atoms with Crippen LogP contribution in [0.15, 0.2) is 35.4 Å². The van der Waals surface area contributed by atoms with Crippen molar-refractivity contribution in [3.8, 4) is 11.6 Å². The third-order valence-electron chi connectivity index (χ3n) is 2.98. The Hall–Kier alpha value is -2.63. The first-order valence-electron chi connectivity index (χ1n) is 6.55. The lowest BCUT2D eigenvalue weighted by atomic mass is 10.1. The molecule has 0 saturated heterocycles. The third-order valence-corrected chi connectivity index (χ3v) is 2.98. The molecule has 1 aromatic heterocycles. The molecule has 0 spiro atoms. The number of anilines is 1. The van der Waals surface area contributed by atoms with Crippen LogP contribution in [0.3, 0.4) is 0 Å². The van der Waals surface area contributed by atoms with E-state index in [9.17, 15) is 9.59 Å². The van der Waals surface area contributed by atoms with Crippen molar-refractivity contribution in [2.24, 2.45) is 0 Å². The van der Waals surface area contributed by atoms with Gasteiger partial charge in [-0.25, -0.2) is 4.98 Å². The average molecular weight is 287 g/mol. The largest absolute Gasteiger partial charge is 0.434 e. The quantitative estimate of drug-likeness (QED) is 0.689. The van der Waals surface area contributed by atoms with Crippen LogP contribution < -0.4 is 16.0 Å². The predicted octanol–water partition coefficient (Wildman–Crippen LogP) is 2.40. The number of ketones is 1. The summed E-state index contributed by atoms with van der Waals surface area (Å²) in [6.07, 6.45) is 3.08. The molecule has 1 heterocycles. The number of rotatable bonds is 4. The summed E-state index contributed by atoms with van der Waals surface area (Å²) in [4.78, 5) is 27.8. The van der Waals surface area contributed by atoms with Crippen molar-refractivity contribution in [2.45, 2.75) is 26.8 Å². The van der Waals surface area contributed by atoms with Crippen LogP contribution in [0.5, 0.6) is 11.6 Å². The van der Waals surface area contributed by atoms with Crippen LogP contribution in [0, 0.1) is 0 Å². The SMILES string of the molecule is CC(=O)c1cc(N)ccc1Oc1nccn(C(C)C)c1=O. The Kier molecular flexibility index (Phi) is 4.07. The molecule has 0 saturated carbocycles. The zero-order valence-electron chi connectivity index (χ0n) is 12.2. The summed E-state index contributed by atoms with van der Waals surface area (Å²) in [7, 11) is 0. The van der Waals surface area contributed by atoms with E-state index in [0.717, 1.165) is 0 Å². The summed E-state index contributed by atoms with van der Waals surface area (Å²) < 4.78 is 7.03. The van der Waals surface area contributed by atoms with E-state index >= 15 is 0 Å².